The van der Waals surface area contributed by atoms with E-state index >= 15 is 0 Å². The third-order valence-electron chi connectivity index (χ3n) is 4.64. The van der Waals surface area contributed by atoms with E-state index in [4.69, 9.17) is 17.2 Å². The average molecular weight is 289 g/mol. The Balaban J connectivity index is 2.23. The van der Waals surface area contributed by atoms with E-state index < -0.39 is 0 Å². The van der Waals surface area contributed by atoms with Crippen molar-refractivity contribution in [3.63, 3.8) is 0 Å². The van der Waals surface area contributed by atoms with Crippen molar-refractivity contribution in [2.24, 2.45) is 5.73 Å². The van der Waals surface area contributed by atoms with Gasteiger partial charge >= 0.3 is 0 Å². The van der Waals surface area contributed by atoms with Crippen LogP contribution in [0.25, 0.3) is 27.1 Å². The number of nitrogen functional groups attached to an aromatic ring is 2. The van der Waals surface area contributed by atoms with E-state index in [0.717, 1.165) is 39.5 Å². The molecule has 3 aromatic carbocycles. The number of allylic oxidation sites excluding steroid dienone is 1. The largest absolute Gasteiger partial charge is 0.398 e. The molecule has 0 fully saturated rings. The summed E-state index contributed by atoms with van der Waals surface area (Å²) in [5.74, 6) is 0. The lowest BCUT2D eigenvalue weighted by molar-refractivity contribution is 0.800. The quantitative estimate of drug-likeness (QED) is 0.438. The van der Waals surface area contributed by atoms with Crippen LogP contribution >= 0.6 is 0 Å². The number of hydrogen-bond donors (Lipinski definition) is 3. The summed E-state index contributed by atoms with van der Waals surface area (Å²) < 4.78 is 0. The molecule has 1 atom stereocenters. The molecule has 0 spiro atoms. The SMILES string of the molecule is CC1=CC(N)Cc2c(N)cc3c(cc(N)c4ccccc43)c21. The van der Waals surface area contributed by atoms with E-state index in [-0.39, 0.29) is 6.04 Å². The number of anilines is 2. The van der Waals surface area contributed by atoms with Gasteiger partial charge in [0.1, 0.15) is 0 Å². The van der Waals surface area contributed by atoms with E-state index in [0.29, 0.717) is 0 Å². The summed E-state index contributed by atoms with van der Waals surface area (Å²) >= 11 is 0. The van der Waals surface area contributed by atoms with Crippen molar-refractivity contribution in [3.05, 3.63) is 53.6 Å². The van der Waals surface area contributed by atoms with Crippen LogP contribution in [0.1, 0.15) is 18.1 Å². The fourth-order valence-corrected chi connectivity index (χ4v) is 3.71. The van der Waals surface area contributed by atoms with E-state index in [2.05, 4.69) is 37.3 Å². The fourth-order valence-electron chi connectivity index (χ4n) is 3.71. The van der Waals surface area contributed by atoms with Gasteiger partial charge in [0, 0.05) is 22.8 Å². The second-order valence-electron chi connectivity index (χ2n) is 6.14. The summed E-state index contributed by atoms with van der Waals surface area (Å²) in [6, 6.07) is 12.4. The molecule has 0 saturated heterocycles. The molecule has 0 heterocycles. The lowest BCUT2D eigenvalue weighted by Gasteiger charge is -2.24. The van der Waals surface area contributed by atoms with E-state index in [1.54, 1.807) is 0 Å². The zero-order valence-electron chi connectivity index (χ0n) is 12.6. The van der Waals surface area contributed by atoms with E-state index in [1.165, 1.54) is 16.5 Å². The Morgan fingerprint density at radius 2 is 1.59 bits per heavy atom. The molecule has 3 heteroatoms. The van der Waals surface area contributed by atoms with Gasteiger partial charge in [0.05, 0.1) is 0 Å². The van der Waals surface area contributed by atoms with Crippen molar-refractivity contribution >= 4 is 38.5 Å². The lowest BCUT2D eigenvalue weighted by atomic mass is 9.83. The minimum Gasteiger partial charge on any atom is -0.398 e. The Kier molecular flexibility index (Phi) is 2.68. The number of rotatable bonds is 0. The summed E-state index contributed by atoms with van der Waals surface area (Å²) in [5.41, 5.74) is 23.9. The van der Waals surface area contributed by atoms with E-state index in [9.17, 15) is 0 Å². The summed E-state index contributed by atoms with van der Waals surface area (Å²) in [7, 11) is 0. The summed E-state index contributed by atoms with van der Waals surface area (Å²) in [6.07, 6.45) is 2.90. The predicted molar refractivity (Wildman–Crippen MR) is 95.6 cm³/mol. The van der Waals surface area contributed by atoms with E-state index in [1.807, 2.05) is 12.1 Å². The molecule has 6 N–H and O–H groups in total. The van der Waals surface area contributed by atoms with Crippen LogP contribution in [0, 0.1) is 0 Å². The molecule has 3 nitrogen and oxygen atoms in total. The van der Waals surface area contributed by atoms with Gasteiger partial charge in [0.2, 0.25) is 0 Å². The Morgan fingerprint density at radius 1 is 0.909 bits per heavy atom. The monoisotopic (exact) mass is 289 g/mol. The maximum atomic E-state index is 6.35. The van der Waals surface area contributed by atoms with Crippen molar-refractivity contribution in [1.82, 2.24) is 0 Å². The first kappa shape index (κ1) is 13.2. The predicted octanol–water partition coefficient (Wildman–Crippen LogP) is 3.44. The smallest absolute Gasteiger partial charge is 0.0400 e. The molecular formula is C19H19N3. The minimum atomic E-state index is 0.0325. The number of hydrogen-bond acceptors (Lipinski definition) is 3. The van der Waals surface area contributed by atoms with Crippen LogP contribution in [0.5, 0.6) is 0 Å². The van der Waals surface area contributed by atoms with Gasteiger partial charge in [-0.1, -0.05) is 30.3 Å². The molecular weight excluding hydrogens is 270 g/mol. The average Bonchev–Trinajstić information content (AvgIpc) is 2.49. The minimum absolute atomic E-state index is 0.0325. The highest BCUT2D eigenvalue weighted by Gasteiger charge is 2.21. The van der Waals surface area contributed by atoms with Gasteiger partial charge in [0.25, 0.3) is 0 Å². The highest BCUT2D eigenvalue weighted by molar-refractivity contribution is 6.16. The molecule has 1 aliphatic carbocycles. The highest BCUT2D eigenvalue weighted by atomic mass is 14.6. The molecule has 0 amide bonds. The molecule has 0 bridgehead atoms. The second-order valence-corrected chi connectivity index (χ2v) is 6.14. The molecule has 0 aromatic heterocycles. The Bertz CT molecular complexity index is 954. The van der Waals surface area contributed by atoms with Crippen LogP contribution in [0.3, 0.4) is 0 Å². The van der Waals surface area contributed by atoms with Gasteiger partial charge in [-0.3, -0.25) is 0 Å². The molecule has 22 heavy (non-hydrogen) atoms. The summed E-state index contributed by atoms with van der Waals surface area (Å²) in [5, 5.41) is 4.54. The van der Waals surface area contributed by atoms with Gasteiger partial charge in [0.15, 0.2) is 0 Å². The fraction of sp³-hybridized carbons (Fsp3) is 0.158. The van der Waals surface area contributed by atoms with Crippen molar-refractivity contribution in [3.8, 4) is 0 Å². The normalized spacial score (nSPS) is 17.5. The van der Waals surface area contributed by atoms with Crippen molar-refractivity contribution in [1.29, 1.82) is 0 Å². The van der Waals surface area contributed by atoms with Gasteiger partial charge in [-0.05, 0) is 58.3 Å². The molecule has 110 valence electrons. The number of fused-ring (bicyclic) bond motifs is 5. The first-order chi connectivity index (χ1) is 10.6. The molecule has 0 aliphatic heterocycles. The lowest BCUT2D eigenvalue weighted by Crippen LogP contribution is -2.24. The van der Waals surface area contributed by atoms with Crippen LogP contribution < -0.4 is 17.2 Å². The van der Waals surface area contributed by atoms with Gasteiger partial charge in [-0.15, -0.1) is 0 Å². The maximum Gasteiger partial charge on any atom is 0.0400 e. The Morgan fingerprint density at radius 3 is 2.36 bits per heavy atom. The Labute approximate surface area is 129 Å². The third kappa shape index (κ3) is 1.72. The van der Waals surface area contributed by atoms with Crippen molar-refractivity contribution < 1.29 is 0 Å². The van der Waals surface area contributed by atoms with Gasteiger partial charge < -0.3 is 17.2 Å². The van der Waals surface area contributed by atoms with Gasteiger partial charge in [-0.25, -0.2) is 0 Å². The zero-order valence-corrected chi connectivity index (χ0v) is 12.6. The molecule has 3 aromatic rings. The second kappa shape index (κ2) is 4.49. The third-order valence-corrected chi connectivity index (χ3v) is 4.64. The first-order valence-corrected chi connectivity index (χ1v) is 7.53. The summed E-state index contributed by atoms with van der Waals surface area (Å²) in [6.45, 7) is 2.10. The standard InChI is InChI=1S/C19H19N3/c1-10-6-11(20)7-16-18(22)8-14-12-4-2-3-5-13(12)17(21)9-15(14)19(10)16/h2-6,8-9,11H,7,20-22H2,1H3. The molecule has 4 rings (SSSR count). The van der Waals surface area contributed by atoms with Crippen LogP contribution in [0.2, 0.25) is 0 Å². The molecule has 0 saturated carbocycles. The Hall–Kier alpha value is -2.52. The maximum absolute atomic E-state index is 6.35. The van der Waals surface area contributed by atoms with Crippen LogP contribution in [-0.2, 0) is 6.42 Å². The zero-order chi connectivity index (χ0) is 15.4. The van der Waals surface area contributed by atoms with Crippen molar-refractivity contribution in [2.75, 3.05) is 11.5 Å². The topological polar surface area (TPSA) is 78.1 Å². The number of benzene rings is 3. The molecule has 0 radical (unpaired) electrons. The molecule has 1 aliphatic rings. The van der Waals surface area contributed by atoms with Crippen molar-refractivity contribution in [2.45, 2.75) is 19.4 Å². The van der Waals surface area contributed by atoms with Crippen LogP contribution in [0.4, 0.5) is 11.4 Å². The molecule has 1 unspecified atom stereocenters. The van der Waals surface area contributed by atoms with Gasteiger partial charge in [-0.2, -0.15) is 0 Å². The highest BCUT2D eigenvalue weighted by Crippen LogP contribution is 2.40. The number of nitrogens with two attached hydrogens (primary N) is 3. The first-order valence-electron chi connectivity index (χ1n) is 7.53. The van der Waals surface area contributed by atoms with Crippen LogP contribution in [0.15, 0.2) is 42.5 Å². The summed E-state index contributed by atoms with van der Waals surface area (Å²) in [4.78, 5) is 0. The van der Waals surface area contributed by atoms with Crippen LogP contribution in [-0.4, -0.2) is 6.04 Å².